The van der Waals surface area contributed by atoms with Crippen molar-refractivity contribution in [3.63, 3.8) is 0 Å². The predicted octanol–water partition coefficient (Wildman–Crippen LogP) is -0.270. The SMILES string of the molecule is O=C(Cn1cnnn1)NCCc1cccc(C(=O)O)c1. The second kappa shape index (κ2) is 6.41. The number of benzene rings is 1. The van der Waals surface area contributed by atoms with E-state index in [0.717, 1.165) is 5.56 Å². The number of nitrogens with one attached hydrogen (secondary N) is 1. The maximum Gasteiger partial charge on any atom is 0.335 e. The number of carboxylic acids is 1. The minimum Gasteiger partial charge on any atom is -0.478 e. The van der Waals surface area contributed by atoms with Crippen LogP contribution >= 0.6 is 0 Å². The second-order valence-electron chi connectivity index (χ2n) is 4.11. The predicted molar refractivity (Wildman–Crippen MR) is 67.9 cm³/mol. The smallest absolute Gasteiger partial charge is 0.335 e. The fourth-order valence-corrected chi connectivity index (χ4v) is 1.66. The van der Waals surface area contributed by atoms with Gasteiger partial charge in [0.05, 0.1) is 5.56 Å². The molecule has 0 saturated carbocycles. The highest BCUT2D eigenvalue weighted by atomic mass is 16.4. The Hall–Kier alpha value is -2.77. The minimum atomic E-state index is -0.963. The van der Waals surface area contributed by atoms with Gasteiger partial charge in [0, 0.05) is 6.54 Å². The molecular formula is C12H13N5O3. The molecule has 0 spiro atoms. The molecule has 2 N–H and O–H groups in total. The average Bonchev–Trinajstić information content (AvgIpc) is 2.92. The van der Waals surface area contributed by atoms with E-state index in [2.05, 4.69) is 20.8 Å². The third-order valence-corrected chi connectivity index (χ3v) is 2.61. The maximum absolute atomic E-state index is 11.6. The fraction of sp³-hybridized carbons (Fsp3) is 0.250. The molecule has 0 saturated heterocycles. The molecule has 1 aromatic carbocycles. The van der Waals surface area contributed by atoms with E-state index in [0.29, 0.717) is 13.0 Å². The summed E-state index contributed by atoms with van der Waals surface area (Å²) >= 11 is 0. The largest absolute Gasteiger partial charge is 0.478 e. The van der Waals surface area contributed by atoms with Crippen molar-refractivity contribution in [2.75, 3.05) is 6.54 Å². The van der Waals surface area contributed by atoms with Gasteiger partial charge in [0.25, 0.3) is 0 Å². The third-order valence-electron chi connectivity index (χ3n) is 2.61. The molecule has 0 atom stereocenters. The molecule has 20 heavy (non-hydrogen) atoms. The number of aromatic nitrogens is 4. The van der Waals surface area contributed by atoms with Crippen LogP contribution in [0.1, 0.15) is 15.9 Å². The second-order valence-corrected chi connectivity index (χ2v) is 4.11. The average molecular weight is 275 g/mol. The van der Waals surface area contributed by atoms with Gasteiger partial charge in [-0.25, -0.2) is 9.48 Å². The van der Waals surface area contributed by atoms with E-state index in [9.17, 15) is 9.59 Å². The molecule has 1 amide bonds. The number of amides is 1. The lowest BCUT2D eigenvalue weighted by molar-refractivity contribution is -0.121. The Bertz CT molecular complexity index is 597. The van der Waals surface area contributed by atoms with E-state index in [1.54, 1.807) is 12.1 Å². The Kier molecular flexibility index (Phi) is 4.38. The fourth-order valence-electron chi connectivity index (χ4n) is 1.66. The van der Waals surface area contributed by atoms with Gasteiger partial charge >= 0.3 is 5.97 Å². The summed E-state index contributed by atoms with van der Waals surface area (Å²) in [5, 5.41) is 22.0. The summed E-state index contributed by atoms with van der Waals surface area (Å²) in [4.78, 5) is 22.4. The topological polar surface area (TPSA) is 110 Å². The van der Waals surface area contributed by atoms with Gasteiger partial charge in [-0.05, 0) is 34.5 Å². The summed E-state index contributed by atoms with van der Waals surface area (Å²) in [6, 6.07) is 6.62. The summed E-state index contributed by atoms with van der Waals surface area (Å²) in [5.41, 5.74) is 1.09. The van der Waals surface area contributed by atoms with E-state index in [-0.39, 0.29) is 18.0 Å². The molecule has 0 bridgehead atoms. The number of carboxylic acid groups (broad SMARTS) is 1. The van der Waals surface area contributed by atoms with Crippen LogP contribution in [-0.2, 0) is 17.8 Å². The van der Waals surface area contributed by atoms with Gasteiger partial charge in [-0.15, -0.1) is 5.10 Å². The van der Waals surface area contributed by atoms with Gasteiger partial charge in [-0.1, -0.05) is 12.1 Å². The summed E-state index contributed by atoms with van der Waals surface area (Å²) in [7, 11) is 0. The van der Waals surface area contributed by atoms with E-state index in [4.69, 9.17) is 5.11 Å². The van der Waals surface area contributed by atoms with Gasteiger partial charge in [0.15, 0.2) is 0 Å². The molecule has 2 rings (SSSR count). The highest BCUT2D eigenvalue weighted by molar-refractivity contribution is 5.87. The molecule has 0 aliphatic carbocycles. The number of rotatable bonds is 6. The van der Waals surface area contributed by atoms with Gasteiger partial charge in [0.2, 0.25) is 5.91 Å². The molecule has 1 aromatic heterocycles. The first-order valence-corrected chi connectivity index (χ1v) is 5.95. The van der Waals surface area contributed by atoms with Gasteiger partial charge in [0.1, 0.15) is 12.9 Å². The molecule has 104 valence electrons. The van der Waals surface area contributed by atoms with Crippen molar-refractivity contribution in [2.24, 2.45) is 0 Å². The first-order valence-electron chi connectivity index (χ1n) is 5.95. The Morgan fingerprint density at radius 2 is 2.20 bits per heavy atom. The molecule has 1 heterocycles. The molecule has 0 radical (unpaired) electrons. The number of hydrogen-bond acceptors (Lipinski definition) is 5. The maximum atomic E-state index is 11.6. The van der Waals surface area contributed by atoms with E-state index >= 15 is 0 Å². The zero-order valence-corrected chi connectivity index (χ0v) is 10.6. The first kappa shape index (κ1) is 13.7. The zero-order chi connectivity index (χ0) is 14.4. The van der Waals surface area contributed by atoms with Crippen molar-refractivity contribution in [2.45, 2.75) is 13.0 Å². The van der Waals surface area contributed by atoms with Crippen molar-refractivity contribution in [3.8, 4) is 0 Å². The number of nitrogens with zero attached hydrogens (tertiary/aromatic N) is 4. The van der Waals surface area contributed by atoms with E-state index in [1.807, 2.05) is 6.07 Å². The van der Waals surface area contributed by atoms with Crippen LogP contribution in [0.4, 0.5) is 0 Å². The summed E-state index contributed by atoms with van der Waals surface area (Å²) in [6.07, 6.45) is 1.92. The van der Waals surface area contributed by atoms with Gasteiger partial charge in [-0.2, -0.15) is 0 Å². The molecule has 8 nitrogen and oxygen atoms in total. The first-order chi connectivity index (χ1) is 9.65. The lowest BCUT2D eigenvalue weighted by Crippen LogP contribution is -2.29. The van der Waals surface area contributed by atoms with Crippen molar-refractivity contribution < 1.29 is 14.7 Å². The van der Waals surface area contributed by atoms with Crippen molar-refractivity contribution in [1.82, 2.24) is 25.5 Å². The molecule has 2 aromatic rings. The van der Waals surface area contributed by atoms with Crippen LogP contribution in [0, 0.1) is 0 Å². The number of carbonyl (C=O) groups is 2. The van der Waals surface area contributed by atoms with Crippen LogP contribution in [0.15, 0.2) is 30.6 Å². The molecule has 0 fully saturated rings. The number of aromatic carboxylic acids is 1. The van der Waals surface area contributed by atoms with Crippen molar-refractivity contribution >= 4 is 11.9 Å². The van der Waals surface area contributed by atoms with E-state index in [1.165, 1.54) is 17.1 Å². The number of tetrazole rings is 1. The summed E-state index contributed by atoms with van der Waals surface area (Å²) in [6.45, 7) is 0.478. The lowest BCUT2D eigenvalue weighted by atomic mass is 10.1. The molecule has 0 aliphatic rings. The van der Waals surface area contributed by atoms with Crippen LogP contribution in [-0.4, -0.2) is 43.7 Å². The Morgan fingerprint density at radius 1 is 1.35 bits per heavy atom. The van der Waals surface area contributed by atoms with Crippen molar-refractivity contribution in [3.05, 3.63) is 41.7 Å². The number of hydrogen-bond donors (Lipinski definition) is 2. The summed E-state index contributed by atoms with van der Waals surface area (Å²) < 4.78 is 1.32. The zero-order valence-electron chi connectivity index (χ0n) is 10.6. The summed E-state index contributed by atoms with van der Waals surface area (Å²) in [5.74, 6) is -1.17. The Labute approximate surface area is 114 Å². The standard InChI is InChI=1S/C12H13N5O3/c18-11(7-17-8-14-15-16-17)13-5-4-9-2-1-3-10(6-9)12(19)20/h1-3,6,8H,4-5,7H2,(H,13,18)(H,19,20). The van der Waals surface area contributed by atoms with Crippen LogP contribution < -0.4 is 5.32 Å². The monoisotopic (exact) mass is 275 g/mol. The van der Waals surface area contributed by atoms with Crippen LogP contribution in [0.5, 0.6) is 0 Å². The molecule has 0 aliphatic heterocycles. The van der Waals surface area contributed by atoms with Gasteiger partial charge in [-0.3, -0.25) is 4.79 Å². The highest BCUT2D eigenvalue weighted by Gasteiger charge is 2.05. The van der Waals surface area contributed by atoms with E-state index < -0.39 is 5.97 Å². The third kappa shape index (κ3) is 3.87. The van der Waals surface area contributed by atoms with Crippen LogP contribution in [0.3, 0.4) is 0 Å². The Balaban J connectivity index is 1.79. The quantitative estimate of drug-likeness (QED) is 0.751. The Morgan fingerprint density at radius 3 is 2.90 bits per heavy atom. The number of carbonyl (C=O) groups excluding carboxylic acids is 1. The normalized spacial score (nSPS) is 10.2. The molecule has 0 unspecified atom stereocenters. The van der Waals surface area contributed by atoms with Crippen molar-refractivity contribution in [1.29, 1.82) is 0 Å². The van der Waals surface area contributed by atoms with Crippen LogP contribution in [0.2, 0.25) is 0 Å². The highest BCUT2D eigenvalue weighted by Crippen LogP contribution is 2.05. The molecular weight excluding hydrogens is 262 g/mol. The van der Waals surface area contributed by atoms with Crippen LogP contribution in [0.25, 0.3) is 0 Å². The molecule has 8 heteroatoms. The lowest BCUT2D eigenvalue weighted by Gasteiger charge is -2.05. The minimum absolute atomic E-state index is 0.0577. The van der Waals surface area contributed by atoms with Gasteiger partial charge < -0.3 is 10.4 Å².